The molecule has 0 aromatic heterocycles. The Balaban J connectivity index is 2.03. The van der Waals surface area contributed by atoms with Crippen molar-refractivity contribution in [2.75, 3.05) is 46.8 Å². The van der Waals surface area contributed by atoms with Crippen molar-refractivity contribution < 1.29 is 4.79 Å². The van der Waals surface area contributed by atoms with Crippen molar-refractivity contribution in [3.05, 3.63) is 0 Å². The zero-order chi connectivity index (χ0) is 10.9. The van der Waals surface area contributed by atoms with Crippen molar-refractivity contribution in [3.8, 4) is 0 Å². The SMILES string of the molecule is CN1CCN(C)C2(CCN(C=O)CC2)C1. The van der Waals surface area contributed by atoms with Gasteiger partial charge in [0.1, 0.15) is 0 Å². The van der Waals surface area contributed by atoms with Gasteiger partial charge in [0.05, 0.1) is 0 Å². The third-order valence-corrected chi connectivity index (χ3v) is 4.07. The molecule has 0 unspecified atom stereocenters. The lowest BCUT2D eigenvalue weighted by atomic mass is 9.84. The number of piperazine rings is 1. The highest BCUT2D eigenvalue weighted by Gasteiger charge is 2.40. The Hall–Kier alpha value is -0.610. The van der Waals surface area contributed by atoms with Gasteiger partial charge in [0, 0.05) is 38.3 Å². The molecule has 15 heavy (non-hydrogen) atoms. The van der Waals surface area contributed by atoms with Crippen LogP contribution in [-0.4, -0.2) is 73.5 Å². The zero-order valence-corrected chi connectivity index (χ0v) is 9.78. The topological polar surface area (TPSA) is 26.8 Å². The minimum Gasteiger partial charge on any atom is -0.345 e. The van der Waals surface area contributed by atoms with Gasteiger partial charge in [-0.25, -0.2) is 0 Å². The van der Waals surface area contributed by atoms with Crippen LogP contribution in [0, 0.1) is 0 Å². The van der Waals surface area contributed by atoms with E-state index in [9.17, 15) is 4.79 Å². The number of rotatable bonds is 1. The Morgan fingerprint density at radius 3 is 2.33 bits per heavy atom. The molecule has 0 aromatic rings. The van der Waals surface area contributed by atoms with E-state index in [-0.39, 0.29) is 0 Å². The first kappa shape index (κ1) is 10.9. The summed E-state index contributed by atoms with van der Waals surface area (Å²) in [5.74, 6) is 0. The molecule has 2 aliphatic heterocycles. The highest BCUT2D eigenvalue weighted by molar-refractivity contribution is 5.47. The molecule has 86 valence electrons. The van der Waals surface area contributed by atoms with Gasteiger partial charge in [0.25, 0.3) is 0 Å². The van der Waals surface area contributed by atoms with Crippen LogP contribution in [0.1, 0.15) is 12.8 Å². The predicted molar refractivity (Wildman–Crippen MR) is 59.7 cm³/mol. The van der Waals surface area contributed by atoms with Gasteiger partial charge in [0.2, 0.25) is 6.41 Å². The molecule has 1 spiro atoms. The maximum absolute atomic E-state index is 10.7. The first-order chi connectivity index (χ1) is 7.16. The minimum absolute atomic E-state index is 0.326. The summed E-state index contributed by atoms with van der Waals surface area (Å²) in [6.45, 7) is 5.30. The van der Waals surface area contributed by atoms with Crippen LogP contribution in [0.5, 0.6) is 0 Å². The van der Waals surface area contributed by atoms with Crippen LogP contribution >= 0.6 is 0 Å². The molecule has 4 heteroatoms. The number of carbonyl (C=O) groups excluding carboxylic acids is 1. The monoisotopic (exact) mass is 211 g/mol. The van der Waals surface area contributed by atoms with E-state index < -0.39 is 0 Å². The summed E-state index contributed by atoms with van der Waals surface area (Å²) in [5.41, 5.74) is 0.326. The lowest BCUT2D eigenvalue weighted by Crippen LogP contribution is -2.63. The minimum atomic E-state index is 0.326. The standard InChI is InChI=1S/C11H21N3O/c1-12-7-8-13(2)11(9-12)3-5-14(10-15)6-4-11/h10H,3-9H2,1-2H3. The molecule has 2 rings (SSSR count). The van der Waals surface area contributed by atoms with Gasteiger partial charge in [-0.1, -0.05) is 0 Å². The molecule has 0 aliphatic carbocycles. The Kier molecular flexibility index (Phi) is 2.98. The van der Waals surface area contributed by atoms with E-state index in [4.69, 9.17) is 0 Å². The number of likely N-dealkylation sites (tertiary alicyclic amines) is 1. The van der Waals surface area contributed by atoms with Gasteiger partial charge >= 0.3 is 0 Å². The van der Waals surface area contributed by atoms with Crippen molar-refractivity contribution in [2.45, 2.75) is 18.4 Å². The summed E-state index contributed by atoms with van der Waals surface area (Å²) in [7, 11) is 4.42. The summed E-state index contributed by atoms with van der Waals surface area (Å²) in [6.07, 6.45) is 3.22. The second kappa shape index (κ2) is 4.10. The summed E-state index contributed by atoms with van der Waals surface area (Å²) >= 11 is 0. The van der Waals surface area contributed by atoms with Crippen molar-refractivity contribution >= 4 is 6.41 Å². The van der Waals surface area contributed by atoms with E-state index in [0.29, 0.717) is 5.54 Å². The van der Waals surface area contributed by atoms with Crippen molar-refractivity contribution in [3.63, 3.8) is 0 Å². The van der Waals surface area contributed by atoms with E-state index in [1.807, 2.05) is 4.90 Å². The van der Waals surface area contributed by atoms with Crippen LogP contribution in [0.3, 0.4) is 0 Å². The predicted octanol–water partition coefficient (Wildman–Crippen LogP) is -0.145. The van der Waals surface area contributed by atoms with Crippen LogP contribution in [0.25, 0.3) is 0 Å². The average Bonchev–Trinajstić information content (AvgIpc) is 2.25. The Bertz CT molecular complexity index is 236. The van der Waals surface area contributed by atoms with E-state index in [1.165, 1.54) is 0 Å². The van der Waals surface area contributed by atoms with Crippen LogP contribution in [0.2, 0.25) is 0 Å². The molecule has 0 N–H and O–H groups in total. The molecule has 1 amide bonds. The summed E-state index contributed by atoms with van der Waals surface area (Å²) < 4.78 is 0. The van der Waals surface area contributed by atoms with Crippen molar-refractivity contribution in [1.82, 2.24) is 14.7 Å². The molecule has 0 aromatic carbocycles. The molecule has 2 saturated heterocycles. The largest absolute Gasteiger partial charge is 0.345 e. The molecule has 4 nitrogen and oxygen atoms in total. The zero-order valence-electron chi connectivity index (χ0n) is 9.78. The maximum Gasteiger partial charge on any atom is 0.209 e. The number of hydrogen-bond acceptors (Lipinski definition) is 3. The van der Waals surface area contributed by atoms with Gasteiger partial charge in [-0.2, -0.15) is 0 Å². The number of carbonyl (C=O) groups is 1. The quantitative estimate of drug-likeness (QED) is 0.565. The van der Waals surface area contributed by atoms with E-state index in [2.05, 4.69) is 23.9 Å². The molecule has 0 atom stereocenters. The van der Waals surface area contributed by atoms with E-state index in [0.717, 1.165) is 52.0 Å². The first-order valence-corrected chi connectivity index (χ1v) is 5.75. The average molecular weight is 211 g/mol. The number of hydrogen-bond donors (Lipinski definition) is 0. The fourth-order valence-corrected chi connectivity index (χ4v) is 2.85. The van der Waals surface area contributed by atoms with Crippen LogP contribution in [-0.2, 0) is 4.79 Å². The van der Waals surface area contributed by atoms with Gasteiger partial charge in [-0.05, 0) is 26.9 Å². The van der Waals surface area contributed by atoms with Gasteiger partial charge < -0.3 is 9.80 Å². The Morgan fingerprint density at radius 1 is 1.07 bits per heavy atom. The lowest BCUT2D eigenvalue weighted by Gasteiger charge is -2.52. The summed E-state index contributed by atoms with van der Waals surface area (Å²) in [4.78, 5) is 17.5. The summed E-state index contributed by atoms with van der Waals surface area (Å²) in [6, 6.07) is 0. The van der Waals surface area contributed by atoms with E-state index >= 15 is 0 Å². The number of likely N-dealkylation sites (N-methyl/N-ethyl adjacent to an activating group) is 2. The normalized spacial score (nSPS) is 28.3. The molecule has 0 bridgehead atoms. The number of piperidine rings is 1. The van der Waals surface area contributed by atoms with Crippen molar-refractivity contribution in [2.24, 2.45) is 0 Å². The Labute approximate surface area is 91.8 Å². The fraction of sp³-hybridized carbons (Fsp3) is 0.909. The third kappa shape index (κ3) is 2.01. The molecular weight excluding hydrogens is 190 g/mol. The lowest BCUT2D eigenvalue weighted by molar-refractivity contribution is -0.121. The van der Waals surface area contributed by atoms with Crippen molar-refractivity contribution in [1.29, 1.82) is 0 Å². The second-order valence-corrected chi connectivity index (χ2v) is 5.03. The van der Waals surface area contributed by atoms with Gasteiger partial charge in [0.15, 0.2) is 0 Å². The highest BCUT2D eigenvalue weighted by atomic mass is 16.1. The first-order valence-electron chi connectivity index (χ1n) is 5.75. The fourth-order valence-electron chi connectivity index (χ4n) is 2.85. The Morgan fingerprint density at radius 2 is 1.73 bits per heavy atom. The van der Waals surface area contributed by atoms with Crippen LogP contribution in [0.15, 0.2) is 0 Å². The molecule has 0 radical (unpaired) electrons. The smallest absolute Gasteiger partial charge is 0.209 e. The highest BCUT2D eigenvalue weighted by Crippen LogP contribution is 2.30. The van der Waals surface area contributed by atoms with Crippen LogP contribution in [0.4, 0.5) is 0 Å². The number of nitrogens with zero attached hydrogens (tertiary/aromatic N) is 3. The molecule has 2 heterocycles. The van der Waals surface area contributed by atoms with E-state index in [1.54, 1.807) is 0 Å². The van der Waals surface area contributed by atoms with Gasteiger partial charge in [-0.3, -0.25) is 9.69 Å². The summed E-state index contributed by atoms with van der Waals surface area (Å²) in [5, 5.41) is 0. The maximum atomic E-state index is 10.7. The molecule has 0 saturated carbocycles. The van der Waals surface area contributed by atoms with Gasteiger partial charge in [-0.15, -0.1) is 0 Å². The number of amides is 1. The molecule has 2 aliphatic rings. The molecule has 2 fully saturated rings. The third-order valence-electron chi connectivity index (χ3n) is 4.07. The second-order valence-electron chi connectivity index (χ2n) is 5.03. The van der Waals surface area contributed by atoms with Crippen LogP contribution < -0.4 is 0 Å². The molecular formula is C11H21N3O.